The highest BCUT2D eigenvalue weighted by atomic mass is 19.1. The van der Waals surface area contributed by atoms with Gasteiger partial charge in [0.15, 0.2) is 6.10 Å². The van der Waals surface area contributed by atoms with Crippen molar-refractivity contribution in [1.82, 2.24) is 9.97 Å². The number of nitrogens with one attached hydrogen (secondary N) is 1. The first-order valence-electron chi connectivity index (χ1n) is 10.8. The number of aryl methyl sites for hydroxylation is 2. The van der Waals surface area contributed by atoms with Crippen molar-refractivity contribution < 1.29 is 23.3 Å². The van der Waals surface area contributed by atoms with E-state index in [1.54, 1.807) is 6.07 Å². The van der Waals surface area contributed by atoms with E-state index in [-0.39, 0.29) is 30.2 Å². The lowest BCUT2D eigenvalue weighted by Gasteiger charge is -2.21. The summed E-state index contributed by atoms with van der Waals surface area (Å²) in [6.45, 7) is 7.41. The molecule has 0 aliphatic carbocycles. The first-order chi connectivity index (χ1) is 15.5. The van der Waals surface area contributed by atoms with E-state index in [0.29, 0.717) is 37.1 Å². The Balaban J connectivity index is 1.43. The average molecular weight is 439 g/mol. The van der Waals surface area contributed by atoms with Crippen LogP contribution < -0.4 is 10.1 Å². The molecule has 5 rings (SSSR count). The summed E-state index contributed by atoms with van der Waals surface area (Å²) >= 11 is 0. The summed E-state index contributed by atoms with van der Waals surface area (Å²) in [5, 5.41) is 4.23. The molecule has 2 aromatic carbocycles. The molecule has 1 aromatic heterocycles. The fourth-order valence-corrected chi connectivity index (χ4v) is 4.54. The molecule has 0 saturated carbocycles. The maximum Gasteiger partial charge on any atom is 0.151 e. The van der Waals surface area contributed by atoms with Crippen LogP contribution in [0, 0.1) is 19.7 Å². The van der Waals surface area contributed by atoms with Crippen molar-refractivity contribution in [3.8, 4) is 5.75 Å². The number of hydrogen-bond donors (Lipinski definition) is 1. The molecular weight excluding hydrogens is 413 g/mol. The average Bonchev–Trinajstić information content (AvgIpc) is 3.33. The first kappa shape index (κ1) is 21.1. The van der Waals surface area contributed by atoms with Gasteiger partial charge in [0.05, 0.1) is 24.4 Å². The van der Waals surface area contributed by atoms with E-state index in [0.717, 1.165) is 22.0 Å². The van der Waals surface area contributed by atoms with Gasteiger partial charge in [0.1, 0.15) is 42.0 Å². The van der Waals surface area contributed by atoms with Crippen LogP contribution in [0.15, 0.2) is 36.7 Å². The van der Waals surface area contributed by atoms with Crippen LogP contribution in [0.5, 0.6) is 5.75 Å². The molecule has 0 bridgehead atoms. The first-order valence-corrected chi connectivity index (χ1v) is 10.8. The van der Waals surface area contributed by atoms with Gasteiger partial charge in [-0.05, 0) is 50.1 Å². The molecule has 2 fully saturated rings. The molecule has 32 heavy (non-hydrogen) atoms. The van der Waals surface area contributed by atoms with E-state index in [1.807, 2.05) is 26.8 Å². The zero-order chi connectivity index (χ0) is 22.2. The summed E-state index contributed by atoms with van der Waals surface area (Å²) in [6, 6.07) is 8.50. The van der Waals surface area contributed by atoms with Gasteiger partial charge in [0.25, 0.3) is 0 Å². The lowest BCUT2D eigenvalue weighted by atomic mass is 10.1. The van der Waals surface area contributed by atoms with Crippen molar-refractivity contribution in [3.05, 3.63) is 53.6 Å². The van der Waals surface area contributed by atoms with Crippen molar-refractivity contribution in [2.45, 2.75) is 45.2 Å². The minimum atomic E-state index is -0.389. The van der Waals surface area contributed by atoms with Gasteiger partial charge >= 0.3 is 0 Å². The molecule has 0 radical (unpaired) electrons. The monoisotopic (exact) mass is 439 g/mol. The summed E-state index contributed by atoms with van der Waals surface area (Å²) in [5.74, 6) is 0.622. The number of benzene rings is 2. The Morgan fingerprint density at radius 1 is 1.06 bits per heavy atom. The van der Waals surface area contributed by atoms with Crippen LogP contribution in [0.25, 0.3) is 10.9 Å². The number of hydrogen-bond acceptors (Lipinski definition) is 7. The molecule has 8 heteroatoms. The van der Waals surface area contributed by atoms with E-state index in [4.69, 9.17) is 18.9 Å². The fourth-order valence-electron chi connectivity index (χ4n) is 4.54. The Hall–Kier alpha value is -2.81. The second kappa shape index (κ2) is 8.61. The van der Waals surface area contributed by atoms with Crippen molar-refractivity contribution in [2.24, 2.45) is 0 Å². The minimum Gasteiger partial charge on any atom is -0.483 e. The Morgan fingerprint density at radius 2 is 1.84 bits per heavy atom. The topological polar surface area (TPSA) is 74.7 Å². The number of nitrogens with zero attached hydrogens (tertiary/aromatic N) is 2. The summed E-state index contributed by atoms with van der Waals surface area (Å²) in [6.07, 6.45) is 0.611. The SMILES string of the molecule is CCOC1COC2C(Oc3cc(F)ccc3Nc3ncnc4cc(C)cc(C)c34)COC12. The standard InChI is InChI=1S/C24H26FN3O4/c1-4-29-19-10-30-23-20(11-31-22(19)23)32-18-9-15(25)5-6-16(18)28-24-21-14(3)7-13(2)8-17(21)26-12-27-24/h5-9,12,19-20,22-23H,4,10-11H2,1-3H3,(H,26,27,28). The zero-order valence-corrected chi connectivity index (χ0v) is 18.3. The number of halogens is 1. The van der Waals surface area contributed by atoms with Crippen LogP contribution in [-0.2, 0) is 14.2 Å². The van der Waals surface area contributed by atoms with Gasteiger partial charge in [-0.2, -0.15) is 0 Å². The van der Waals surface area contributed by atoms with Crippen LogP contribution in [0.1, 0.15) is 18.1 Å². The van der Waals surface area contributed by atoms with Crippen LogP contribution >= 0.6 is 0 Å². The van der Waals surface area contributed by atoms with Gasteiger partial charge in [0, 0.05) is 18.1 Å². The molecule has 2 aliphatic heterocycles. The highest BCUT2D eigenvalue weighted by Gasteiger charge is 2.49. The molecule has 4 atom stereocenters. The van der Waals surface area contributed by atoms with Crippen molar-refractivity contribution in [1.29, 1.82) is 0 Å². The largest absolute Gasteiger partial charge is 0.483 e. The van der Waals surface area contributed by atoms with E-state index >= 15 is 0 Å². The smallest absolute Gasteiger partial charge is 0.151 e. The lowest BCUT2D eigenvalue weighted by molar-refractivity contribution is -0.0309. The van der Waals surface area contributed by atoms with Gasteiger partial charge in [-0.25, -0.2) is 14.4 Å². The third-order valence-corrected chi connectivity index (χ3v) is 5.90. The normalized spacial score (nSPS) is 24.6. The van der Waals surface area contributed by atoms with E-state index < -0.39 is 0 Å². The van der Waals surface area contributed by atoms with Crippen molar-refractivity contribution >= 4 is 22.4 Å². The third-order valence-electron chi connectivity index (χ3n) is 5.90. The van der Waals surface area contributed by atoms with E-state index in [1.165, 1.54) is 18.5 Å². The second-order valence-corrected chi connectivity index (χ2v) is 8.21. The Morgan fingerprint density at radius 3 is 2.66 bits per heavy atom. The number of rotatable bonds is 6. The summed E-state index contributed by atoms with van der Waals surface area (Å²) in [7, 11) is 0. The maximum absolute atomic E-state index is 14.1. The van der Waals surface area contributed by atoms with E-state index in [2.05, 4.69) is 21.4 Å². The second-order valence-electron chi connectivity index (χ2n) is 8.21. The molecule has 0 amide bonds. The Labute approximate surface area is 185 Å². The van der Waals surface area contributed by atoms with Gasteiger partial charge in [-0.3, -0.25) is 0 Å². The molecule has 3 aromatic rings. The highest BCUT2D eigenvalue weighted by molar-refractivity contribution is 5.94. The summed E-state index contributed by atoms with van der Waals surface area (Å²) < 4.78 is 37.8. The highest BCUT2D eigenvalue weighted by Crippen LogP contribution is 2.36. The maximum atomic E-state index is 14.1. The van der Waals surface area contributed by atoms with Crippen LogP contribution in [0.3, 0.4) is 0 Å². The molecule has 1 N–H and O–H groups in total. The fraction of sp³-hybridized carbons (Fsp3) is 0.417. The number of aromatic nitrogens is 2. The quantitative estimate of drug-likeness (QED) is 0.620. The van der Waals surface area contributed by atoms with Crippen molar-refractivity contribution in [3.63, 3.8) is 0 Å². The van der Waals surface area contributed by atoms with Gasteiger partial charge < -0.3 is 24.3 Å². The molecule has 7 nitrogen and oxygen atoms in total. The van der Waals surface area contributed by atoms with Crippen LogP contribution in [0.4, 0.5) is 15.9 Å². The summed E-state index contributed by atoms with van der Waals surface area (Å²) in [5.41, 5.74) is 3.64. The zero-order valence-electron chi connectivity index (χ0n) is 18.3. The molecule has 2 saturated heterocycles. The molecule has 2 aliphatic rings. The van der Waals surface area contributed by atoms with Crippen LogP contribution in [-0.4, -0.2) is 54.2 Å². The molecule has 3 heterocycles. The third kappa shape index (κ3) is 3.90. The molecule has 4 unspecified atom stereocenters. The molecule has 0 spiro atoms. The predicted octanol–water partition coefficient (Wildman–Crippen LogP) is 4.08. The summed E-state index contributed by atoms with van der Waals surface area (Å²) in [4.78, 5) is 8.83. The van der Waals surface area contributed by atoms with Gasteiger partial charge in [-0.15, -0.1) is 0 Å². The van der Waals surface area contributed by atoms with Crippen LogP contribution in [0.2, 0.25) is 0 Å². The lowest BCUT2D eigenvalue weighted by Crippen LogP contribution is -2.35. The van der Waals surface area contributed by atoms with E-state index in [9.17, 15) is 4.39 Å². The molecular formula is C24H26FN3O4. The minimum absolute atomic E-state index is 0.109. The van der Waals surface area contributed by atoms with Gasteiger partial charge in [0.2, 0.25) is 0 Å². The number of fused-ring (bicyclic) bond motifs is 2. The Bertz CT molecular complexity index is 1140. The van der Waals surface area contributed by atoms with Crippen molar-refractivity contribution in [2.75, 3.05) is 25.1 Å². The number of anilines is 2. The van der Waals surface area contributed by atoms with Gasteiger partial charge in [-0.1, -0.05) is 6.07 Å². The predicted molar refractivity (Wildman–Crippen MR) is 118 cm³/mol. The molecule has 168 valence electrons. The number of ether oxygens (including phenoxy) is 4. The Kier molecular flexibility index (Phi) is 5.67.